The molecule has 0 saturated carbocycles. The average Bonchev–Trinajstić information content (AvgIpc) is 2.84. The normalized spacial score (nSPS) is 10.5. The van der Waals surface area contributed by atoms with Gasteiger partial charge in [-0.25, -0.2) is 0 Å². The van der Waals surface area contributed by atoms with Gasteiger partial charge in [-0.1, -0.05) is 48.5 Å². The van der Waals surface area contributed by atoms with Crippen LogP contribution in [0.2, 0.25) is 0 Å². The minimum Gasteiger partial charge on any atom is -0.345 e. The Balaban J connectivity index is 1.82. The van der Waals surface area contributed by atoms with Gasteiger partial charge in [0, 0.05) is 49.0 Å². The van der Waals surface area contributed by atoms with Gasteiger partial charge in [-0.15, -0.1) is 0 Å². The average molecular weight is 407 g/mol. The molecule has 0 fully saturated rings. The third-order valence-electron chi connectivity index (χ3n) is 5.11. The summed E-state index contributed by atoms with van der Waals surface area (Å²) in [6, 6.07) is 30.5. The van der Waals surface area contributed by atoms with Crippen molar-refractivity contribution < 1.29 is 14.2 Å². The van der Waals surface area contributed by atoms with Crippen LogP contribution in [-0.4, -0.2) is 30.7 Å². The molecule has 0 aliphatic carbocycles. The summed E-state index contributed by atoms with van der Waals surface area (Å²) in [5.41, 5.74) is 4.73. The molecular weight excluding hydrogens is 384 g/mol. The first kappa shape index (κ1) is 20.2. The van der Waals surface area contributed by atoms with Gasteiger partial charge in [-0.2, -0.15) is 4.57 Å². The number of amides is 1. The van der Waals surface area contributed by atoms with E-state index in [1.54, 1.807) is 19.0 Å². The van der Waals surface area contributed by atoms with E-state index in [9.17, 15) is 9.59 Å². The van der Waals surface area contributed by atoms with Crippen LogP contribution < -0.4 is 4.57 Å². The van der Waals surface area contributed by atoms with Gasteiger partial charge < -0.3 is 4.90 Å². The second-order valence-corrected chi connectivity index (χ2v) is 7.48. The van der Waals surface area contributed by atoms with Gasteiger partial charge in [0.25, 0.3) is 5.91 Å². The summed E-state index contributed by atoms with van der Waals surface area (Å²) in [7, 11) is 3.47. The monoisotopic (exact) mass is 407 g/mol. The molecule has 4 rings (SSSR count). The number of aromatic nitrogens is 1. The molecule has 0 aliphatic heterocycles. The summed E-state index contributed by atoms with van der Waals surface area (Å²) in [5.74, 6) is -0.0822. The number of pyridine rings is 1. The zero-order chi connectivity index (χ0) is 21.8. The van der Waals surface area contributed by atoms with Crippen LogP contribution >= 0.6 is 0 Å². The topological polar surface area (TPSA) is 41.3 Å². The van der Waals surface area contributed by atoms with E-state index in [0.29, 0.717) is 16.7 Å². The highest BCUT2D eigenvalue weighted by Gasteiger charge is 2.21. The van der Waals surface area contributed by atoms with Crippen LogP contribution in [-0.2, 0) is 0 Å². The Morgan fingerprint density at radius 3 is 1.84 bits per heavy atom. The fraction of sp³-hybridized carbons (Fsp3) is 0.0741. The molecule has 0 unspecified atom stereocenters. The third-order valence-corrected chi connectivity index (χ3v) is 5.11. The van der Waals surface area contributed by atoms with Crippen LogP contribution in [0.25, 0.3) is 16.9 Å². The van der Waals surface area contributed by atoms with Gasteiger partial charge in [0.15, 0.2) is 12.0 Å². The predicted molar refractivity (Wildman–Crippen MR) is 121 cm³/mol. The zero-order valence-corrected chi connectivity index (χ0v) is 17.5. The lowest BCUT2D eigenvalue weighted by Crippen LogP contribution is -2.34. The van der Waals surface area contributed by atoms with Crippen molar-refractivity contribution in [3.8, 4) is 16.9 Å². The van der Waals surface area contributed by atoms with E-state index < -0.39 is 0 Å². The molecule has 4 aromatic rings. The first-order valence-corrected chi connectivity index (χ1v) is 10.1. The molecule has 0 aliphatic rings. The van der Waals surface area contributed by atoms with E-state index >= 15 is 0 Å². The maximum Gasteiger partial charge on any atom is 0.253 e. The highest BCUT2D eigenvalue weighted by molar-refractivity contribution is 6.08. The SMILES string of the molecule is CN(C)C(=O)c1ccc(-[n+]2cc(C(=O)c3ccccc3)ccc2-c2ccccc2)cc1. The van der Waals surface area contributed by atoms with Crippen molar-refractivity contribution in [3.05, 3.63) is 120 Å². The molecule has 4 heteroatoms. The molecule has 0 radical (unpaired) electrons. The molecular formula is C27H23N2O2+. The standard InChI is InChI=1S/C27H23N2O2/c1-28(2)27(31)22-13-16-24(17-14-22)29-19-23(26(30)21-11-7-4-8-12-21)15-18-25(29)20-9-5-3-6-10-20/h3-19H,1-2H3/q+1. The molecule has 1 amide bonds. The molecule has 1 aromatic heterocycles. The lowest BCUT2D eigenvalue weighted by atomic mass is 10.0. The minimum absolute atomic E-state index is 0.0339. The Morgan fingerprint density at radius 1 is 0.645 bits per heavy atom. The molecule has 152 valence electrons. The molecule has 4 nitrogen and oxygen atoms in total. The molecule has 3 aromatic carbocycles. The first-order valence-electron chi connectivity index (χ1n) is 10.1. The summed E-state index contributed by atoms with van der Waals surface area (Å²) in [4.78, 5) is 26.8. The smallest absolute Gasteiger partial charge is 0.253 e. The summed E-state index contributed by atoms with van der Waals surface area (Å²) in [6.45, 7) is 0. The number of hydrogen-bond donors (Lipinski definition) is 0. The van der Waals surface area contributed by atoms with E-state index in [1.165, 1.54) is 0 Å². The van der Waals surface area contributed by atoms with Gasteiger partial charge >= 0.3 is 0 Å². The van der Waals surface area contributed by atoms with Crippen molar-refractivity contribution in [2.45, 2.75) is 0 Å². The maximum absolute atomic E-state index is 13.0. The van der Waals surface area contributed by atoms with Crippen LogP contribution in [0.4, 0.5) is 0 Å². The Labute approximate surface area is 182 Å². The number of carbonyl (C=O) groups excluding carboxylic acids is 2. The molecule has 0 spiro atoms. The fourth-order valence-electron chi connectivity index (χ4n) is 3.47. The number of hydrogen-bond acceptors (Lipinski definition) is 2. The van der Waals surface area contributed by atoms with Crippen LogP contribution in [0.3, 0.4) is 0 Å². The van der Waals surface area contributed by atoms with Crippen molar-refractivity contribution in [3.63, 3.8) is 0 Å². The predicted octanol–water partition coefficient (Wildman–Crippen LogP) is 4.56. The Hall–Kier alpha value is -4.05. The molecule has 1 heterocycles. The highest BCUT2D eigenvalue weighted by atomic mass is 16.2. The molecule has 0 atom stereocenters. The van der Waals surface area contributed by atoms with Crippen molar-refractivity contribution in [2.24, 2.45) is 0 Å². The van der Waals surface area contributed by atoms with Gasteiger partial charge in [-0.05, 0) is 30.3 Å². The Morgan fingerprint density at radius 2 is 1.23 bits per heavy atom. The highest BCUT2D eigenvalue weighted by Crippen LogP contribution is 2.19. The quantitative estimate of drug-likeness (QED) is 0.359. The van der Waals surface area contributed by atoms with Crippen molar-refractivity contribution in [1.29, 1.82) is 0 Å². The van der Waals surface area contributed by atoms with Crippen molar-refractivity contribution in [1.82, 2.24) is 4.90 Å². The lowest BCUT2D eigenvalue weighted by molar-refractivity contribution is -0.584. The molecule has 0 saturated heterocycles. The summed E-state index contributed by atoms with van der Waals surface area (Å²) < 4.78 is 2.00. The lowest BCUT2D eigenvalue weighted by Gasteiger charge is -2.10. The van der Waals surface area contributed by atoms with E-state index in [1.807, 2.05) is 108 Å². The van der Waals surface area contributed by atoms with Crippen molar-refractivity contribution >= 4 is 11.7 Å². The van der Waals surface area contributed by atoms with Crippen LogP contribution in [0, 0.1) is 0 Å². The van der Waals surface area contributed by atoms with Gasteiger partial charge in [0.05, 0.1) is 5.56 Å². The number of carbonyl (C=O) groups is 2. The van der Waals surface area contributed by atoms with Gasteiger partial charge in [0.1, 0.15) is 0 Å². The molecule has 0 bridgehead atoms. The Bertz CT molecular complexity index is 1220. The number of ketones is 1. The Kier molecular flexibility index (Phi) is 5.72. The third kappa shape index (κ3) is 4.28. The van der Waals surface area contributed by atoms with Crippen LogP contribution in [0.1, 0.15) is 26.3 Å². The first-order chi connectivity index (χ1) is 15.0. The second kappa shape index (κ2) is 8.76. The maximum atomic E-state index is 13.0. The fourth-order valence-corrected chi connectivity index (χ4v) is 3.47. The number of benzene rings is 3. The second-order valence-electron chi connectivity index (χ2n) is 7.48. The minimum atomic E-state index is -0.0483. The van der Waals surface area contributed by atoms with Gasteiger partial charge in [-0.3, -0.25) is 9.59 Å². The molecule has 31 heavy (non-hydrogen) atoms. The number of nitrogens with zero attached hydrogens (tertiary/aromatic N) is 2. The van der Waals surface area contributed by atoms with E-state index in [4.69, 9.17) is 0 Å². The summed E-state index contributed by atoms with van der Waals surface area (Å²) in [6.07, 6.45) is 1.86. The van der Waals surface area contributed by atoms with E-state index in [-0.39, 0.29) is 11.7 Å². The largest absolute Gasteiger partial charge is 0.345 e. The van der Waals surface area contributed by atoms with Crippen molar-refractivity contribution in [2.75, 3.05) is 14.1 Å². The van der Waals surface area contributed by atoms with Crippen LogP contribution in [0.15, 0.2) is 103 Å². The zero-order valence-electron chi connectivity index (χ0n) is 17.5. The summed E-state index contributed by atoms with van der Waals surface area (Å²) in [5, 5.41) is 0. The van der Waals surface area contributed by atoms with E-state index in [2.05, 4.69) is 0 Å². The van der Waals surface area contributed by atoms with Crippen LogP contribution in [0.5, 0.6) is 0 Å². The summed E-state index contributed by atoms with van der Waals surface area (Å²) >= 11 is 0. The molecule has 0 N–H and O–H groups in total. The van der Waals surface area contributed by atoms with E-state index in [0.717, 1.165) is 16.9 Å². The number of rotatable bonds is 5. The van der Waals surface area contributed by atoms with Gasteiger partial charge in [0.2, 0.25) is 11.4 Å².